The zero-order chi connectivity index (χ0) is 34.3. The largest absolute Gasteiger partial charge is 0.507 e. The van der Waals surface area contributed by atoms with Gasteiger partial charge in [-0.05, 0) is 82.3 Å². The van der Waals surface area contributed by atoms with Crippen LogP contribution in [0.4, 0.5) is 0 Å². The van der Waals surface area contributed by atoms with Gasteiger partial charge in [-0.1, -0.05) is 92.6 Å². The van der Waals surface area contributed by atoms with E-state index in [1.165, 1.54) is 11.1 Å². The van der Waals surface area contributed by atoms with E-state index in [4.69, 9.17) is 14.4 Å². The van der Waals surface area contributed by atoms with E-state index in [-0.39, 0.29) is 16.2 Å². The number of aromatic hydroxyl groups is 1. The highest BCUT2D eigenvalue weighted by molar-refractivity contribution is 6.05. The molecule has 0 aliphatic rings. The third-order valence-electron chi connectivity index (χ3n) is 9.60. The van der Waals surface area contributed by atoms with Gasteiger partial charge in [0.15, 0.2) is 5.58 Å². The van der Waals surface area contributed by atoms with E-state index in [1.807, 2.05) is 24.4 Å². The average Bonchev–Trinajstić information content (AvgIpc) is 3.56. The maximum Gasteiger partial charge on any atom is 0.153 e. The van der Waals surface area contributed by atoms with Gasteiger partial charge >= 0.3 is 0 Å². The van der Waals surface area contributed by atoms with Crippen LogP contribution >= 0.6 is 0 Å². The molecule has 5 nitrogen and oxygen atoms in total. The molecule has 5 heteroatoms. The van der Waals surface area contributed by atoms with Crippen molar-refractivity contribution < 1.29 is 9.52 Å². The summed E-state index contributed by atoms with van der Waals surface area (Å²) in [6, 6.07) is 25.5. The van der Waals surface area contributed by atoms with Crippen molar-refractivity contribution in [1.29, 1.82) is 0 Å². The highest BCUT2D eigenvalue weighted by atomic mass is 16.3. The van der Waals surface area contributed by atoms with E-state index in [2.05, 4.69) is 134 Å². The molecule has 48 heavy (non-hydrogen) atoms. The number of aromatic nitrogens is 3. The second kappa shape index (κ2) is 10.8. The van der Waals surface area contributed by atoms with Crippen molar-refractivity contribution in [1.82, 2.24) is 14.4 Å². The van der Waals surface area contributed by atoms with Gasteiger partial charge in [0.05, 0.1) is 17.6 Å². The summed E-state index contributed by atoms with van der Waals surface area (Å²) in [6.07, 6.45) is 3.90. The molecule has 7 aromatic rings. The average molecular weight is 636 g/mol. The molecule has 0 amide bonds. The van der Waals surface area contributed by atoms with Crippen molar-refractivity contribution in [3.63, 3.8) is 0 Å². The second-order valence-electron chi connectivity index (χ2n) is 16.3. The predicted octanol–water partition coefficient (Wildman–Crippen LogP) is 11.5. The lowest BCUT2D eigenvalue weighted by Crippen LogP contribution is -2.17. The van der Waals surface area contributed by atoms with Crippen LogP contribution in [0.25, 0.3) is 61.2 Å². The van der Waals surface area contributed by atoms with Crippen LogP contribution in [0.5, 0.6) is 5.75 Å². The molecule has 0 saturated heterocycles. The number of hydrogen-bond donors (Lipinski definition) is 1. The fourth-order valence-electron chi connectivity index (χ4n) is 6.64. The summed E-state index contributed by atoms with van der Waals surface area (Å²) < 4.78 is 8.23. The van der Waals surface area contributed by atoms with Crippen LogP contribution in [-0.2, 0) is 16.2 Å². The molecule has 0 spiro atoms. The zero-order valence-electron chi connectivity index (χ0n) is 29.8. The van der Waals surface area contributed by atoms with Gasteiger partial charge in [-0.15, -0.1) is 0 Å². The summed E-state index contributed by atoms with van der Waals surface area (Å²) in [5.41, 5.74) is 12.0. The van der Waals surface area contributed by atoms with Crippen molar-refractivity contribution in [3.05, 3.63) is 108 Å². The Balaban J connectivity index is 1.44. The summed E-state index contributed by atoms with van der Waals surface area (Å²) in [5.74, 6) is 0.300. The Labute approximate surface area is 283 Å². The van der Waals surface area contributed by atoms with Crippen molar-refractivity contribution in [2.24, 2.45) is 0 Å². The summed E-state index contributed by atoms with van der Waals surface area (Å²) in [7, 11) is 0. The van der Waals surface area contributed by atoms with Gasteiger partial charge in [-0.2, -0.15) is 0 Å². The van der Waals surface area contributed by atoms with Crippen molar-refractivity contribution in [2.75, 3.05) is 0 Å². The molecular formula is C43H45N3O2. The molecule has 0 radical (unpaired) electrons. The first kappa shape index (κ1) is 31.7. The number of furan rings is 1. The third kappa shape index (κ3) is 5.35. The molecule has 4 aromatic heterocycles. The highest BCUT2D eigenvalue weighted by Gasteiger charge is 2.28. The van der Waals surface area contributed by atoms with Gasteiger partial charge in [0.25, 0.3) is 0 Å². The Morgan fingerprint density at radius 1 is 0.667 bits per heavy atom. The van der Waals surface area contributed by atoms with Gasteiger partial charge in [0.2, 0.25) is 0 Å². The number of imidazole rings is 1. The lowest BCUT2D eigenvalue weighted by Gasteiger charge is -2.27. The Bertz CT molecular complexity index is 2370. The topological polar surface area (TPSA) is 63.6 Å². The van der Waals surface area contributed by atoms with E-state index < -0.39 is 0 Å². The fraction of sp³-hybridized carbons (Fsp3) is 0.302. The Hall–Kier alpha value is -4.90. The monoisotopic (exact) mass is 635 g/mol. The summed E-state index contributed by atoms with van der Waals surface area (Å²) in [4.78, 5) is 10.2. The number of phenolic OH excluding ortho intramolecular Hbond substituents is 1. The smallest absolute Gasteiger partial charge is 0.153 e. The highest BCUT2D eigenvalue weighted by Crippen LogP contribution is 2.44. The molecule has 1 N–H and O–H groups in total. The number of pyridine rings is 2. The van der Waals surface area contributed by atoms with Crippen LogP contribution in [0, 0.1) is 6.92 Å². The second-order valence-corrected chi connectivity index (χ2v) is 16.3. The SMILES string of the molecule is Cc1c(-c2cc(C(C)(C)C)cc(C(C)(C)C)c2O)nc2c(-c3cc(-c4cc5c(cn4)oc4ccccc45)cc(C(C)(C)C)c3)cccn12. The molecule has 7 rings (SSSR count). The van der Waals surface area contributed by atoms with Crippen LogP contribution in [0.3, 0.4) is 0 Å². The standard InChI is InChI=1S/C43H45N3O2/c1-25-38(33-21-29(42(5,6)7)22-34(39(33)47)43(8,9)10)45-40-30(15-13-17-46(25)40)26-18-27(20-28(19-26)41(2,3)4)35-23-32-31-14-11-12-16-36(31)48-37(32)24-44-35/h11-24,47H,1-10H3. The molecule has 0 saturated carbocycles. The third-order valence-corrected chi connectivity index (χ3v) is 9.60. The summed E-state index contributed by atoms with van der Waals surface area (Å²) >= 11 is 0. The number of nitrogens with zero attached hydrogens (tertiary/aromatic N) is 3. The lowest BCUT2D eigenvalue weighted by atomic mass is 9.78. The zero-order valence-corrected chi connectivity index (χ0v) is 29.8. The maximum atomic E-state index is 11.8. The molecule has 0 aliphatic carbocycles. The quantitative estimate of drug-likeness (QED) is 0.210. The number of benzene rings is 3. The van der Waals surface area contributed by atoms with Gasteiger partial charge in [-0.3, -0.25) is 4.98 Å². The van der Waals surface area contributed by atoms with Gasteiger partial charge in [0, 0.05) is 44.9 Å². The molecule has 0 bridgehead atoms. The van der Waals surface area contributed by atoms with E-state index in [9.17, 15) is 5.11 Å². The van der Waals surface area contributed by atoms with Crippen molar-refractivity contribution >= 4 is 27.6 Å². The number of para-hydroxylation sites is 1. The molecular weight excluding hydrogens is 590 g/mol. The minimum atomic E-state index is -0.234. The van der Waals surface area contributed by atoms with Crippen LogP contribution < -0.4 is 0 Å². The van der Waals surface area contributed by atoms with Crippen molar-refractivity contribution in [3.8, 4) is 39.4 Å². The molecule has 0 aliphatic heterocycles. The molecule has 244 valence electrons. The minimum absolute atomic E-state index is 0.0930. The number of fused-ring (bicyclic) bond motifs is 4. The lowest BCUT2D eigenvalue weighted by molar-refractivity contribution is 0.446. The van der Waals surface area contributed by atoms with E-state index in [1.54, 1.807) is 0 Å². The normalized spacial score (nSPS) is 12.9. The van der Waals surface area contributed by atoms with E-state index in [0.29, 0.717) is 5.75 Å². The predicted molar refractivity (Wildman–Crippen MR) is 199 cm³/mol. The Morgan fingerprint density at radius 2 is 1.35 bits per heavy atom. The molecule has 0 atom stereocenters. The molecule has 0 unspecified atom stereocenters. The first-order valence-electron chi connectivity index (χ1n) is 16.8. The summed E-state index contributed by atoms with van der Waals surface area (Å²) in [6.45, 7) is 21.9. The number of phenols is 1. The van der Waals surface area contributed by atoms with Gasteiger partial charge < -0.3 is 13.9 Å². The number of rotatable bonds is 3. The maximum absolute atomic E-state index is 11.8. The molecule has 3 aromatic carbocycles. The van der Waals surface area contributed by atoms with Crippen molar-refractivity contribution in [2.45, 2.75) is 85.5 Å². The van der Waals surface area contributed by atoms with E-state index >= 15 is 0 Å². The van der Waals surface area contributed by atoms with Crippen LogP contribution in [-0.4, -0.2) is 19.5 Å². The van der Waals surface area contributed by atoms with Gasteiger partial charge in [-0.25, -0.2) is 4.98 Å². The van der Waals surface area contributed by atoms with E-state index in [0.717, 1.165) is 72.5 Å². The first-order valence-corrected chi connectivity index (χ1v) is 16.8. The van der Waals surface area contributed by atoms with Crippen LogP contribution in [0.1, 0.15) is 84.7 Å². The molecule has 4 heterocycles. The minimum Gasteiger partial charge on any atom is -0.507 e. The first-order chi connectivity index (χ1) is 22.5. The van der Waals surface area contributed by atoms with Gasteiger partial charge in [0.1, 0.15) is 17.0 Å². The summed E-state index contributed by atoms with van der Waals surface area (Å²) in [5, 5.41) is 13.9. The number of aryl methyl sites for hydroxylation is 1. The molecule has 0 fully saturated rings. The van der Waals surface area contributed by atoms with Crippen LogP contribution in [0.2, 0.25) is 0 Å². The fourth-order valence-corrected chi connectivity index (χ4v) is 6.64. The number of hydrogen-bond acceptors (Lipinski definition) is 4. The Morgan fingerprint density at radius 3 is 2.06 bits per heavy atom. The van der Waals surface area contributed by atoms with Crippen LogP contribution in [0.15, 0.2) is 89.6 Å². The Kier molecular flexibility index (Phi) is 7.14.